The van der Waals surface area contributed by atoms with Crippen LogP contribution >= 0.6 is 23.4 Å². The smallest absolute Gasteiger partial charge is 0.212 e. The molecule has 150 valence electrons. The van der Waals surface area contributed by atoms with Gasteiger partial charge in [0.1, 0.15) is 18.7 Å². The van der Waals surface area contributed by atoms with E-state index < -0.39 is 0 Å². The molecule has 4 aromatic rings. The van der Waals surface area contributed by atoms with Gasteiger partial charge in [0.15, 0.2) is 0 Å². The van der Waals surface area contributed by atoms with E-state index in [1.54, 1.807) is 29.0 Å². The number of halogens is 1. The van der Waals surface area contributed by atoms with Gasteiger partial charge < -0.3 is 4.74 Å². The van der Waals surface area contributed by atoms with Crippen molar-refractivity contribution in [2.75, 3.05) is 0 Å². The summed E-state index contributed by atoms with van der Waals surface area (Å²) < 4.78 is 7.66. The highest BCUT2D eigenvalue weighted by molar-refractivity contribution is 7.98. The van der Waals surface area contributed by atoms with E-state index in [4.69, 9.17) is 16.3 Å². The minimum Gasteiger partial charge on any atom is -0.488 e. The van der Waals surface area contributed by atoms with Gasteiger partial charge in [-0.2, -0.15) is 9.78 Å². The van der Waals surface area contributed by atoms with Gasteiger partial charge in [-0.25, -0.2) is 0 Å². The van der Waals surface area contributed by atoms with Crippen LogP contribution < -0.4 is 4.74 Å². The largest absolute Gasteiger partial charge is 0.488 e. The summed E-state index contributed by atoms with van der Waals surface area (Å²) in [4.78, 5) is 0. The maximum atomic E-state index is 5.99. The molecular weight excluding hydrogens is 416 g/mol. The first-order chi connectivity index (χ1) is 14.8. The molecule has 0 radical (unpaired) electrons. The molecule has 0 bridgehead atoms. The SMILES string of the molecule is Clc1ccc(COc2ccccc2/C=N/n2cnnc2SCc2ccccc2)cc1. The number of hydrogen-bond acceptors (Lipinski definition) is 5. The Morgan fingerprint density at radius 1 is 0.933 bits per heavy atom. The number of aromatic nitrogens is 3. The van der Waals surface area contributed by atoms with Gasteiger partial charge >= 0.3 is 0 Å². The average Bonchev–Trinajstić information content (AvgIpc) is 3.24. The van der Waals surface area contributed by atoms with Crippen LogP contribution in [-0.2, 0) is 12.4 Å². The van der Waals surface area contributed by atoms with Crippen LogP contribution in [0.2, 0.25) is 5.02 Å². The molecule has 0 saturated carbocycles. The van der Waals surface area contributed by atoms with E-state index in [1.165, 1.54) is 5.56 Å². The molecular formula is C23H19ClN4OS. The highest BCUT2D eigenvalue weighted by Crippen LogP contribution is 2.21. The van der Waals surface area contributed by atoms with E-state index in [1.807, 2.05) is 66.7 Å². The molecule has 0 atom stereocenters. The molecule has 1 aromatic heterocycles. The summed E-state index contributed by atoms with van der Waals surface area (Å²) in [5, 5.41) is 14.1. The molecule has 30 heavy (non-hydrogen) atoms. The maximum Gasteiger partial charge on any atom is 0.212 e. The number of benzene rings is 3. The molecule has 0 saturated heterocycles. The van der Waals surface area contributed by atoms with Crippen molar-refractivity contribution < 1.29 is 4.74 Å². The van der Waals surface area contributed by atoms with Crippen molar-refractivity contribution in [3.05, 3.63) is 107 Å². The zero-order chi connectivity index (χ0) is 20.6. The molecule has 0 unspecified atom stereocenters. The van der Waals surface area contributed by atoms with Crippen molar-refractivity contribution in [2.45, 2.75) is 17.5 Å². The fourth-order valence-electron chi connectivity index (χ4n) is 2.70. The molecule has 0 amide bonds. The lowest BCUT2D eigenvalue weighted by atomic mass is 10.2. The lowest BCUT2D eigenvalue weighted by Crippen LogP contribution is -1.99. The molecule has 0 aliphatic heterocycles. The standard InChI is InChI=1S/C23H19ClN4OS/c24-21-12-10-18(11-13-21)15-29-22-9-5-4-8-20(22)14-26-28-17-25-27-23(28)30-16-19-6-2-1-3-7-19/h1-14,17H,15-16H2/b26-14+. The number of thioether (sulfide) groups is 1. The Bertz CT molecular complexity index is 1110. The summed E-state index contributed by atoms with van der Waals surface area (Å²) in [5.41, 5.74) is 3.14. The first kappa shape index (κ1) is 20.2. The Hall–Kier alpha value is -3.09. The van der Waals surface area contributed by atoms with Crippen LogP contribution in [0, 0.1) is 0 Å². The third-order valence-corrected chi connectivity index (χ3v) is 5.52. The van der Waals surface area contributed by atoms with Gasteiger partial charge in [0.2, 0.25) is 5.16 Å². The third kappa shape index (κ3) is 5.49. The second kappa shape index (κ2) is 10.1. The first-order valence-corrected chi connectivity index (χ1v) is 10.7. The van der Waals surface area contributed by atoms with Gasteiger partial charge in [0.25, 0.3) is 0 Å². The van der Waals surface area contributed by atoms with Crippen molar-refractivity contribution in [2.24, 2.45) is 5.10 Å². The van der Waals surface area contributed by atoms with Gasteiger partial charge in [-0.15, -0.1) is 10.2 Å². The van der Waals surface area contributed by atoms with Crippen molar-refractivity contribution in [1.82, 2.24) is 14.9 Å². The van der Waals surface area contributed by atoms with Crippen molar-refractivity contribution in [3.63, 3.8) is 0 Å². The summed E-state index contributed by atoms with van der Waals surface area (Å²) in [5.74, 6) is 1.55. The Labute approximate surface area is 184 Å². The third-order valence-electron chi connectivity index (χ3n) is 4.26. The van der Waals surface area contributed by atoms with Crippen LogP contribution in [0.3, 0.4) is 0 Å². The van der Waals surface area contributed by atoms with E-state index in [-0.39, 0.29) is 0 Å². The summed E-state index contributed by atoms with van der Waals surface area (Å²) in [6, 6.07) is 25.6. The van der Waals surface area contributed by atoms with Crippen molar-refractivity contribution in [1.29, 1.82) is 0 Å². The first-order valence-electron chi connectivity index (χ1n) is 9.35. The van der Waals surface area contributed by atoms with Gasteiger partial charge in [0.05, 0.1) is 6.21 Å². The summed E-state index contributed by atoms with van der Waals surface area (Å²) in [6.45, 7) is 0.451. The number of hydrogen-bond donors (Lipinski definition) is 0. The van der Waals surface area contributed by atoms with E-state index in [0.717, 1.165) is 27.8 Å². The van der Waals surface area contributed by atoms with Gasteiger partial charge in [-0.05, 0) is 35.4 Å². The highest BCUT2D eigenvalue weighted by Gasteiger charge is 2.06. The molecule has 0 spiro atoms. The molecule has 1 heterocycles. The van der Waals surface area contributed by atoms with E-state index in [9.17, 15) is 0 Å². The topological polar surface area (TPSA) is 52.3 Å². The predicted octanol–water partition coefficient (Wildman–Crippen LogP) is 5.69. The van der Waals surface area contributed by atoms with Crippen LogP contribution in [0.1, 0.15) is 16.7 Å². The molecule has 0 fully saturated rings. The normalized spacial score (nSPS) is 11.1. The average molecular weight is 435 g/mol. The molecule has 0 aliphatic carbocycles. The van der Waals surface area contributed by atoms with Gasteiger partial charge in [0, 0.05) is 16.3 Å². The zero-order valence-corrected chi connectivity index (χ0v) is 17.6. The molecule has 5 nitrogen and oxygen atoms in total. The number of para-hydroxylation sites is 1. The number of rotatable bonds is 8. The molecule has 0 aliphatic rings. The summed E-state index contributed by atoms with van der Waals surface area (Å²) in [6.07, 6.45) is 3.36. The lowest BCUT2D eigenvalue weighted by Gasteiger charge is -2.09. The van der Waals surface area contributed by atoms with Crippen molar-refractivity contribution in [3.8, 4) is 5.75 Å². The monoisotopic (exact) mass is 434 g/mol. The Kier molecular flexibility index (Phi) is 6.79. The predicted molar refractivity (Wildman–Crippen MR) is 121 cm³/mol. The van der Waals surface area contributed by atoms with Crippen LogP contribution in [0.25, 0.3) is 0 Å². The van der Waals surface area contributed by atoms with Crippen molar-refractivity contribution >= 4 is 29.6 Å². The maximum absolute atomic E-state index is 5.99. The van der Waals surface area contributed by atoms with Gasteiger partial charge in [-0.3, -0.25) is 0 Å². The van der Waals surface area contributed by atoms with Crippen LogP contribution in [0.4, 0.5) is 0 Å². The number of nitrogens with zero attached hydrogens (tertiary/aromatic N) is 4. The molecule has 3 aromatic carbocycles. The fraction of sp³-hybridized carbons (Fsp3) is 0.0870. The van der Waals surface area contributed by atoms with E-state index >= 15 is 0 Å². The minimum absolute atomic E-state index is 0.451. The Balaban J connectivity index is 1.43. The van der Waals surface area contributed by atoms with Crippen LogP contribution in [0.15, 0.2) is 95.4 Å². The molecule has 7 heteroatoms. The Morgan fingerprint density at radius 3 is 2.53 bits per heavy atom. The fourth-order valence-corrected chi connectivity index (χ4v) is 3.65. The zero-order valence-electron chi connectivity index (χ0n) is 16.1. The summed E-state index contributed by atoms with van der Waals surface area (Å²) >= 11 is 7.53. The Morgan fingerprint density at radius 2 is 1.70 bits per heavy atom. The van der Waals surface area contributed by atoms with Crippen LogP contribution in [0.5, 0.6) is 5.75 Å². The second-order valence-corrected chi connectivity index (χ2v) is 7.81. The van der Waals surface area contributed by atoms with E-state index in [0.29, 0.717) is 11.6 Å². The van der Waals surface area contributed by atoms with E-state index in [2.05, 4.69) is 27.4 Å². The van der Waals surface area contributed by atoms with Crippen LogP contribution in [-0.4, -0.2) is 21.1 Å². The quantitative estimate of drug-likeness (QED) is 0.264. The van der Waals surface area contributed by atoms with Gasteiger partial charge in [-0.1, -0.05) is 78.0 Å². The molecule has 4 rings (SSSR count). The minimum atomic E-state index is 0.451. The molecule has 0 N–H and O–H groups in total. The summed E-state index contributed by atoms with van der Waals surface area (Å²) in [7, 11) is 0. The number of ether oxygens (including phenoxy) is 1. The lowest BCUT2D eigenvalue weighted by molar-refractivity contribution is 0.306. The highest BCUT2D eigenvalue weighted by atomic mass is 35.5. The second-order valence-electron chi connectivity index (χ2n) is 6.43.